The highest BCUT2D eigenvalue weighted by Gasteiger charge is 2.36. The molecular weight excluding hydrogens is 298 g/mol. The lowest BCUT2D eigenvalue weighted by Gasteiger charge is -2.32. The van der Waals surface area contributed by atoms with Gasteiger partial charge in [0.1, 0.15) is 0 Å². The summed E-state index contributed by atoms with van der Waals surface area (Å²) in [7, 11) is 0. The van der Waals surface area contributed by atoms with Crippen molar-refractivity contribution in [3.05, 3.63) is 16.1 Å². The molecule has 2 heterocycles. The van der Waals surface area contributed by atoms with Gasteiger partial charge in [0.05, 0.1) is 17.2 Å². The highest BCUT2D eigenvalue weighted by atomic mass is 32.1. The summed E-state index contributed by atoms with van der Waals surface area (Å²) in [6.45, 7) is 4.05. The second kappa shape index (κ2) is 6.77. The SMILES string of the molecule is CCC(=O)NCc1csc([C@H]2CCCN(C(=O)C3CC3)C2)n1. The molecule has 120 valence electrons. The molecule has 0 bridgehead atoms. The number of hydrogen-bond acceptors (Lipinski definition) is 4. The van der Waals surface area contributed by atoms with Crippen LogP contribution in [0.1, 0.15) is 55.6 Å². The van der Waals surface area contributed by atoms with Crippen molar-refractivity contribution < 1.29 is 9.59 Å². The third-order valence-electron chi connectivity index (χ3n) is 4.37. The van der Waals surface area contributed by atoms with Crippen LogP contribution in [-0.4, -0.2) is 34.8 Å². The van der Waals surface area contributed by atoms with Crippen molar-refractivity contribution in [2.75, 3.05) is 13.1 Å². The number of carbonyl (C=O) groups excluding carboxylic acids is 2. The molecule has 1 saturated heterocycles. The summed E-state index contributed by atoms with van der Waals surface area (Å²) >= 11 is 1.65. The summed E-state index contributed by atoms with van der Waals surface area (Å²) in [5.41, 5.74) is 0.924. The molecule has 6 heteroatoms. The zero-order chi connectivity index (χ0) is 15.5. The molecule has 1 saturated carbocycles. The zero-order valence-electron chi connectivity index (χ0n) is 13.0. The van der Waals surface area contributed by atoms with Crippen LogP contribution in [-0.2, 0) is 16.1 Å². The molecule has 22 heavy (non-hydrogen) atoms. The van der Waals surface area contributed by atoms with Crippen LogP contribution in [0.25, 0.3) is 0 Å². The van der Waals surface area contributed by atoms with E-state index in [1.54, 1.807) is 11.3 Å². The number of nitrogens with zero attached hydrogens (tertiary/aromatic N) is 2. The Bertz CT molecular complexity index is 553. The molecule has 0 aromatic carbocycles. The summed E-state index contributed by atoms with van der Waals surface area (Å²) < 4.78 is 0. The molecule has 1 aliphatic carbocycles. The van der Waals surface area contributed by atoms with Gasteiger partial charge in [-0.15, -0.1) is 11.3 Å². The first-order valence-electron chi connectivity index (χ1n) is 8.17. The predicted molar refractivity (Wildman–Crippen MR) is 85.5 cm³/mol. The van der Waals surface area contributed by atoms with Gasteiger partial charge < -0.3 is 10.2 Å². The molecular formula is C16H23N3O2S. The van der Waals surface area contributed by atoms with E-state index in [4.69, 9.17) is 0 Å². The van der Waals surface area contributed by atoms with E-state index in [0.717, 1.165) is 49.5 Å². The first-order valence-corrected chi connectivity index (χ1v) is 9.05. The fraction of sp³-hybridized carbons (Fsp3) is 0.688. The molecule has 1 aromatic rings. The van der Waals surface area contributed by atoms with Crippen molar-refractivity contribution in [2.24, 2.45) is 5.92 Å². The molecule has 1 atom stereocenters. The minimum absolute atomic E-state index is 0.0495. The van der Waals surface area contributed by atoms with Gasteiger partial charge >= 0.3 is 0 Å². The summed E-state index contributed by atoms with van der Waals surface area (Å²) in [5, 5.41) is 5.98. The topological polar surface area (TPSA) is 62.3 Å². The quantitative estimate of drug-likeness (QED) is 0.905. The van der Waals surface area contributed by atoms with E-state index in [-0.39, 0.29) is 5.91 Å². The van der Waals surface area contributed by atoms with E-state index >= 15 is 0 Å². The van der Waals surface area contributed by atoms with E-state index in [2.05, 4.69) is 10.3 Å². The zero-order valence-corrected chi connectivity index (χ0v) is 13.8. The Balaban J connectivity index is 1.57. The van der Waals surface area contributed by atoms with Gasteiger partial charge in [-0.1, -0.05) is 6.92 Å². The number of aromatic nitrogens is 1. The lowest BCUT2D eigenvalue weighted by molar-refractivity contribution is -0.133. The fourth-order valence-electron chi connectivity index (χ4n) is 2.87. The minimum Gasteiger partial charge on any atom is -0.350 e. The van der Waals surface area contributed by atoms with Crippen LogP contribution in [0.15, 0.2) is 5.38 Å². The Morgan fingerprint density at radius 1 is 1.41 bits per heavy atom. The normalized spacial score (nSPS) is 21.7. The average molecular weight is 321 g/mol. The first kappa shape index (κ1) is 15.5. The Morgan fingerprint density at radius 3 is 2.95 bits per heavy atom. The number of amides is 2. The molecule has 2 aliphatic rings. The molecule has 0 radical (unpaired) electrons. The number of likely N-dealkylation sites (tertiary alicyclic amines) is 1. The maximum atomic E-state index is 12.2. The van der Waals surface area contributed by atoms with Crippen molar-refractivity contribution in [1.82, 2.24) is 15.2 Å². The van der Waals surface area contributed by atoms with Gasteiger partial charge in [0.2, 0.25) is 11.8 Å². The molecule has 2 fully saturated rings. The van der Waals surface area contributed by atoms with E-state index in [1.165, 1.54) is 0 Å². The molecule has 0 unspecified atom stereocenters. The molecule has 3 rings (SSSR count). The molecule has 0 spiro atoms. The van der Waals surface area contributed by atoms with E-state index < -0.39 is 0 Å². The van der Waals surface area contributed by atoms with Crippen molar-refractivity contribution >= 4 is 23.2 Å². The van der Waals surface area contributed by atoms with E-state index in [1.807, 2.05) is 17.2 Å². The maximum absolute atomic E-state index is 12.2. The Morgan fingerprint density at radius 2 is 2.23 bits per heavy atom. The van der Waals surface area contributed by atoms with Crippen LogP contribution in [0, 0.1) is 5.92 Å². The van der Waals surface area contributed by atoms with Crippen LogP contribution in [0.3, 0.4) is 0 Å². The van der Waals surface area contributed by atoms with Gasteiger partial charge in [-0.3, -0.25) is 9.59 Å². The highest BCUT2D eigenvalue weighted by Crippen LogP contribution is 2.35. The van der Waals surface area contributed by atoms with Crippen LogP contribution >= 0.6 is 11.3 Å². The van der Waals surface area contributed by atoms with Crippen molar-refractivity contribution in [3.63, 3.8) is 0 Å². The molecule has 1 aromatic heterocycles. The summed E-state index contributed by atoms with van der Waals surface area (Å²) in [6, 6.07) is 0. The summed E-state index contributed by atoms with van der Waals surface area (Å²) in [4.78, 5) is 30.2. The van der Waals surface area contributed by atoms with Gasteiger partial charge in [0.25, 0.3) is 0 Å². The smallest absolute Gasteiger partial charge is 0.225 e. The van der Waals surface area contributed by atoms with Crippen LogP contribution in [0.2, 0.25) is 0 Å². The van der Waals surface area contributed by atoms with Gasteiger partial charge in [-0.05, 0) is 25.7 Å². The monoisotopic (exact) mass is 321 g/mol. The van der Waals surface area contributed by atoms with Crippen molar-refractivity contribution in [2.45, 2.75) is 51.5 Å². The number of carbonyl (C=O) groups is 2. The fourth-order valence-corrected chi connectivity index (χ4v) is 3.82. The average Bonchev–Trinajstić information content (AvgIpc) is 3.30. The maximum Gasteiger partial charge on any atom is 0.225 e. The van der Waals surface area contributed by atoms with E-state index in [0.29, 0.717) is 30.7 Å². The lowest BCUT2D eigenvalue weighted by atomic mass is 9.98. The van der Waals surface area contributed by atoms with E-state index in [9.17, 15) is 9.59 Å². The minimum atomic E-state index is 0.0495. The van der Waals surface area contributed by atoms with Gasteiger partial charge in [-0.2, -0.15) is 0 Å². The molecule has 2 amide bonds. The van der Waals surface area contributed by atoms with Crippen LogP contribution < -0.4 is 5.32 Å². The van der Waals surface area contributed by atoms with Gasteiger partial charge in [0, 0.05) is 36.7 Å². The Kier molecular flexibility index (Phi) is 4.76. The largest absolute Gasteiger partial charge is 0.350 e. The first-order chi connectivity index (χ1) is 10.7. The van der Waals surface area contributed by atoms with Crippen molar-refractivity contribution in [3.8, 4) is 0 Å². The van der Waals surface area contributed by atoms with Crippen LogP contribution in [0.5, 0.6) is 0 Å². The number of piperidine rings is 1. The summed E-state index contributed by atoms with van der Waals surface area (Å²) in [5.74, 6) is 1.05. The molecule has 1 N–H and O–H groups in total. The standard InChI is InChI=1S/C16H23N3O2S/c1-2-14(20)17-8-13-10-22-15(18-13)12-4-3-7-19(9-12)16(21)11-5-6-11/h10-12H,2-9H2,1H3,(H,17,20)/t12-/m0/s1. The van der Waals surface area contributed by atoms with Crippen molar-refractivity contribution in [1.29, 1.82) is 0 Å². The third kappa shape index (κ3) is 3.66. The van der Waals surface area contributed by atoms with Crippen LogP contribution in [0.4, 0.5) is 0 Å². The number of hydrogen-bond donors (Lipinski definition) is 1. The number of nitrogens with one attached hydrogen (secondary N) is 1. The van der Waals surface area contributed by atoms with Gasteiger partial charge in [-0.25, -0.2) is 4.98 Å². The highest BCUT2D eigenvalue weighted by molar-refractivity contribution is 7.09. The molecule has 5 nitrogen and oxygen atoms in total. The molecule has 1 aliphatic heterocycles. The second-order valence-electron chi connectivity index (χ2n) is 6.21. The Labute approximate surface area is 135 Å². The number of rotatable bonds is 5. The third-order valence-corrected chi connectivity index (χ3v) is 5.42. The lowest BCUT2D eigenvalue weighted by Crippen LogP contribution is -2.39. The second-order valence-corrected chi connectivity index (χ2v) is 7.09. The number of thiazole rings is 1. The summed E-state index contributed by atoms with van der Waals surface area (Å²) in [6.07, 6.45) is 4.79. The predicted octanol–water partition coefficient (Wildman–Crippen LogP) is 2.29. The Hall–Kier alpha value is -1.43. The van der Waals surface area contributed by atoms with Gasteiger partial charge in [0.15, 0.2) is 0 Å².